The normalized spacial score (nSPS) is 19.4. The highest BCUT2D eigenvalue weighted by Crippen LogP contribution is 2.41. The third kappa shape index (κ3) is 4.61. The Morgan fingerprint density at radius 3 is 2.43 bits per heavy atom. The lowest BCUT2D eigenvalue weighted by Gasteiger charge is -2.28. The fourth-order valence-corrected chi connectivity index (χ4v) is 7.15. The largest absolute Gasteiger partial charge is 0.345 e. The molecule has 182 valence electrons. The molecule has 2 aliphatic rings. The lowest BCUT2D eigenvalue weighted by atomic mass is 9.80. The SMILES string of the molecule is O=C(N[C@@H]1C=CS(=O)(=O)C1)c1cc2ccc(C3CCC3)c(S(=O)(=O)Nc3ccccc3)c2[nH]c1=O. The van der Waals surface area contributed by atoms with Crippen LogP contribution in [0.15, 0.2) is 69.7 Å². The number of pyridine rings is 1. The minimum absolute atomic E-state index is 0.00238. The van der Waals surface area contributed by atoms with Crippen molar-refractivity contribution in [1.82, 2.24) is 10.3 Å². The fraction of sp³-hybridized carbons (Fsp3) is 0.250. The van der Waals surface area contributed by atoms with Crippen molar-refractivity contribution in [2.24, 2.45) is 0 Å². The number of rotatable bonds is 6. The second-order valence-electron chi connectivity index (χ2n) is 8.80. The van der Waals surface area contributed by atoms with Crippen LogP contribution >= 0.6 is 0 Å². The van der Waals surface area contributed by atoms with Crippen LogP contribution in [0.25, 0.3) is 10.9 Å². The summed E-state index contributed by atoms with van der Waals surface area (Å²) in [6, 6.07) is 12.5. The first-order valence-electron chi connectivity index (χ1n) is 11.1. The molecule has 1 saturated carbocycles. The highest BCUT2D eigenvalue weighted by Gasteiger charge is 2.31. The molecule has 1 aliphatic heterocycles. The van der Waals surface area contributed by atoms with E-state index in [0.717, 1.165) is 24.7 Å². The summed E-state index contributed by atoms with van der Waals surface area (Å²) < 4.78 is 52.9. The first-order chi connectivity index (χ1) is 16.6. The van der Waals surface area contributed by atoms with Crippen LogP contribution in [0.2, 0.25) is 0 Å². The molecule has 5 rings (SSSR count). The minimum Gasteiger partial charge on any atom is -0.345 e. The summed E-state index contributed by atoms with van der Waals surface area (Å²) >= 11 is 0. The van der Waals surface area contributed by atoms with Crippen molar-refractivity contribution >= 4 is 42.4 Å². The van der Waals surface area contributed by atoms with Crippen molar-refractivity contribution in [2.45, 2.75) is 36.1 Å². The van der Waals surface area contributed by atoms with E-state index in [2.05, 4.69) is 15.0 Å². The summed E-state index contributed by atoms with van der Waals surface area (Å²) in [7, 11) is -7.45. The first kappa shape index (κ1) is 23.3. The summed E-state index contributed by atoms with van der Waals surface area (Å²) in [4.78, 5) is 28.3. The molecule has 0 saturated heterocycles. The maximum absolute atomic E-state index is 13.5. The van der Waals surface area contributed by atoms with Gasteiger partial charge in [0.15, 0.2) is 9.84 Å². The lowest BCUT2D eigenvalue weighted by molar-refractivity contribution is 0.0946. The zero-order chi connectivity index (χ0) is 24.8. The third-order valence-electron chi connectivity index (χ3n) is 6.33. The van der Waals surface area contributed by atoms with E-state index < -0.39 is 37.4 Å². The number of anilines is 1. The van der Waals surface area contributed by atoms with Crippen LogP contribution in [0, 0.1) is 0 Å². The molecule has 0 bridgehead atoms. The smallest absolute Gasteiger partial charge is 0.264 e. The Morgan fingerprint density at radius 2 is 1.80 bits per heavy atom. The van der Waals surface area contributed by atoms with Crippen molar-refractivity contribution < 1.29 is 21.6 Å². The second kappa shape index (κ2) is 8.65. The Balaban J connectivity index is 1.58. The highest BCUT2D eigenvalue weighted by molar-refractivity contribution is 7.94. The van der Waals surface area contributed by atoms with Crippen molar-refractivity contribution in [3.63, 3.8) is 0 Å². The van der Waals surface area contributed by atoms with Gasteiger partial charge < -0.3 is 10.3 Å². The average Bonchev–Trinajstić information content (AvgIpc) is 3.10. The first-order valence-corrected chi connectivity index (χ1v) is 14.3. The van der Waals surface area contributed by atoms with Gasteiger partial charge in [-0.1, -0.05) is 36.8 Å². The summed E-state index contributed by atoms with van der Waals surface area (Å²) in [6.45, 7) is 0. The quantitative estimate of drug-likeness (QED) is 0.463. The van der Waals surface area contributed by atoms with Crippen LogP contribution in [-0.2, 0) is 19.9 Å². The van der Waals surface area contributed by atoms with Crippen molar-refractivity contribution in [2.75, 3.05) is 10.5 Å². The second-order valence-corrected chi connectivity index (χ2v) is 12.3. The number of carbonyl (C=O) groups excluding carboxylic acids is 1. The molecule has 1 fully saturated rings. The number of para-hydroxylation sites is 1. The molecule has 1 amide bonds. The Bertz CT molecular complexity index is 1620. The summed E-state index contributed by atoms with van der Waals surface area (Å²) in [5, 5.41) is 3.93. The number of sulfonamides is 1. The fourth-order valence-electron chi connectivity index (χ4n) is 4.39. The molecular weight excluding hydrogens is 490 g/mol. The van der Waals surface area contributed by atoms with Crippen LogP contribution in [-0.4, -0.2) is 39.5 Å². The molecule has 3 aromatic rings. The summed E-state index contributed by atoms with van der Waals surface area (Å²) in [5.41, 5.74) is 0.152. The van der Waals surface area contributed by atoms with Crippen molar-refractivity contribution in [3.8, 4) is 0 Å². The zero-order valence-corrected chi connectivity index (χ0v) is 20.2. The Kier molecular flexibility index (Phi) is 5.76. The van der Waals surface area contributed by atoms with E-state index in [1.165, 1.54) is 12.1 Å². The molecule has 2 aromatic carbocycles. The number of H-pyrrole nitrogens is 1. The molecule has 0 spiro atoms. The lowest BCUT2D eigenvalue weighted by Crippen LogP contribution is -2.38. The van der Waals surface area contributed by atoms with Gasteiger partial charge in [-0.15, -0.1) is 0 Å². The van der Waals surface area contributed by atoms with Crippen molar-refractivity contribution in [3.05, 3.63) is 81.5 Å². The topological polar surface area (TPSA) is 142 Å². The van der Waals surface area contributed by atoms with E-state index in [1.807, 2.05) is 0 Å². The molecule has 0 radical (unpaired) electrons. The predicted octanol–water partition coefficient (Wildman–Crippen LogP) is 2.64. The zero-order valence-electron chi connectivity index (χ0n) is 18.5. The van der Waals surface area contributed by atoms with Crippen LogP contribution in [0.5, 0.6) is 0 Å². The van der Waals surface area contributed by atoms with E-state index >= 15 is 0 Å². The van der Waals surface area contributed by atoms with Gasteiger partial charge in [-0.25, -0.2) is 16.8 Å². The maximum Gasteiger partial charge on any atom is 0.264 e. The number of benzene rings is 2. The van der Waals surface area contributed by atoms with E-state index in [-0.39, 0.29) is 27.6 Å². The van der Waals surface area contributed by atoms with Crippen LogP contribution < -0.4 is 15.6 Å². The van der Waals surface area contributed by atoms with Gasteiger partial charge >= 0.3 is 0 Å². The Labute approximate surface area is 202 Å². The number of carbonyl (C=O) groups is 1. The number of hydrogen-bond donors (Lipinski definition) is 3. The summed E-state index contributed by atoms with van der Waals surface area (Å²) in [6.07, 6.45) is 4.05. The third-order valence-corrected chi connectivity index (χ3v) is 9.21. The summed E-state index contributed by atoms with van der Waals surface area (Å²) in [5.74, 6) is -0.957. The van der Waals surface area contributed by atoms with Crippen molar-refractivity contribution in [1.29, 1.82) is 0 Å². The van der Waals surface area contributed by atoms with Crippen LogP contribution in [0.1, 0.15) is 41.1 Å². The predicted molar refractivity (Wildman–Crippen MR) is 133 cm³/mol. The highest BCUT2D eigenvalue weighted by atomic mass is 32.2. The van der Waals surface area contributed by atoms with Crippen LogP contribution in [0.4, 0.5) is 5.69 Å². The van der Waals surface area contributed by atoms with Gasteiger partial charge in [0.05, 0.1) is 17.3 Å². The van der Waals surface area contributed by atoms with Gasteiger partial charge in [-0.2, -0.15) is 0 Å². The molecule has 0 unspecified atom stereocenters. The van der Waals surface area contributed by atoms with E-state index in [9.17, 15) is 26.4 Å². The Morgan fingerprint density at radius 1 is 1.06 bits per heavy atom. The number of fused-ring (bicyclic) bond motifs is 1. The molecule has 1 atom stereocenters. The van der Waals surface area contributed by atoms with E-state index in [0.29, 0.717) is 16.6 Å². The van der Waals surface area contributed by atoms with Gasteiger partial charge in [0.2, 0.25) is 0 Å². The van der Waals surface area contributed by atoms with E-state index in [4.69, 9.17) is 0 Å². The Hall–Kier alpha value is -3.44. The maximum atomic E-state index is 13.5. The molecular formula is C24H23N3O6S2. The molecule has 3 N–H and O–H groups in total. The number of amides is 1. The van der Waals surface area contributed by atoms with Gasteiger partial charge in [0, 0.05) is 16.5 Å². The average molecular weight is 514 g/mol. The molecule has 1 aromatic heterocycles. The number of hydrogen-bond acceptors (Lipinski definition) is 6. The molecule has 1 aliphatic carbocycles. The molecule has 11 heteroatoms. The number of aromatic amines is 1. The number of nitrogens with one attached hydrogen (secondary N) is 3. The number of aromatic nitrogens is 1. The van der Waals surface area contributed by atoms with Gasteiger partial charge in [-0.3, -0.25) is 14.3 Å². The molecule has 2 heterocycles. The monoisotopic (exact) mass is 513 g/mol. The standard InChI is InChI=1S/C24H23N3O6S2/c28-23(25-18-11-12-34(30,31)14-18)20-13-16-9-10-19(15-5-4-6-15)22(21(16)26-24(20)29)35(32,33)27-17-7-2-1-3-8-17/h1-3,7-13,15,18,27H,4-6,14H2,(H,25,28)(H,26,29)/t18-/m1/s1. The number of sulfone groups is 1. The van der Waals surface area contributed by atoms with Gasteiger partial charge in [0.1, 0.15) is 10.5 Å². The minimum atomic E-state index is -4.07. The van der Waals surface area contributed by atoms with E-state index in [1.54, 1.807) is 42.5 Å². The van der Waals surface area contributed by atoms with Crippen LogP contribution in [0.3, 0.4) is 0 Å². The molecule has 35 heavy (non-hydrogen) atoms. The van der Waals surface area contributed by atoms with Gasteiger partial charge in [0.25, 0.3) is 21.5 Å². The van der Waals surface area contributed by atoms with Gasteiger partial charge in [-0.05, 0) is 48.6 Å². The molecule has 9 nitrogen and oxygen atoms in total.